The van der Waals surface area contributed by atoms with Crippen LogP contribution in [0.4, 0.5) is 5.69 Å². The van der Waals surface area contributed by atoms with Gasteiger partial charge in [-0.05, 0) is 17.2 Å². The van der Waals surface area contributed by atoms with Crippen molar-refractivity contribution < 1.29 is 4.79 Å². The Hall–Kier alpha value is -1.06. The number of carbonyl (C=O) groups is 1. The molecule has 2 N–H and O–H groups in total. The van der Waals surface area contributed by atoms with Crippen molar-refractivity contribution in [1.82, 2.24) is 0 Å². The average molecular weight is 211 g/mol. The number of halogens is 1. The summed E-state index contributed by atoms with van der Waals surface area (Å²) in [6.45, 7) is 0.502. The first-order valence-corrected chi connectivity index (χ1v) is 4.98. The first-order chi connectivity index (χ1) is 6.76. The molecule has 0 radical (unpaired) electrons. The summed E-state index contributed by atoms with van der Waals surface area (Å²) in [6.07, 6.45) is 0.440. The molecule has 0 unspecified atom stereocenters. The summed E-state index contributed by atoms with van der Waals surface area (Å²) in [7, 11) is 0. The summed E-state index contributed by atoms with van der Waals surface area (Å²) in [4.78, 5) is 13.1. The van der Waals surface area contributed by atoms with E-state index in [0.717, 1.165) is 16.8 Å². The van der Waals surface area contributed by atoms with Gasteiger partial charge in [0, 0.05) is 12.2 Å². The second-order valence-electron chi connectivity index (χ2n) is 3.29. The molecule has 2 rings (SSSR count). The second kappa shape index (κ2) is 3.59. The summed E-state index contributed by atoms with van der Waals surface area (Å²) in [6, 6.07) is 6.02. The van der Waals surface area contributed by atoms with Crippen LogP contribution < -0.4 is 10.6 Å². The molecule has 0 saturated carbocycles. The van der Waals surface area contributed by atoms with E-state index in [-0.39, 0.29) is 11.9 Å². The minimum atomic E-state index is 0.0594. The van der Waals surface area contributed by atoms with Gasteiger partial charge in [-0.25, -0.2) is 0 Å². The minimum absolute atomic E-state index is 0.0594. The quantitative estimate of drug-likeness (QED) is 0.590. The van der Waals surface area contributed by atoms with E-state index in [2.05, 4.69) is 0 Å². The zero-order chi connectivity index (χ0) is 10.1. The van der Waals surface area contributed by atoms with Crippen molar-refractivity contribution in [2.45, 2.75) is 13.0 Å². The van der Waals surface area contributed by atoms with Crippen molar-refractivity contribution >= 4 is 23.2 Å². The highest BCUT2D eigenvalue weighted by atomic mass is 35.5. The molecule has 1 aliphatic rings. The van der Waals surface area contributed by atoms with Crippen LogP contribution in [0, 0.1) is 0 Å². The third-order valence-electron chi connectivity index (χ3n) is 2.43. The Balaban J connectivity index is 2.42. The van der Waals surface area contributed by atoms with Gasteiger partial charge in [-0.2, -0.15) is 0 Å². The number of nitrogens with two attached hydrogens (primary N) is 1. The molecule has 0 bridgehead atoms. The predicted octanol–water partition coefficient (Wildman–Crippen LogP) is 1.23. The van der Waals surface area contributed by atoms with Crippen LogP contribution in [0.3, 0.4) is 0 Å². The van der Waals surface area contributed by atoms with Gasteiger partial charge < -0.3 is 5.73 Å². The molecule has 4 heteroatoms. The van der Waals surface area contributed by atoms with Crippen molar-refractivity contribution in [3.8, 4) is 0 Å². The maximum Gasteiger partial charge on any atom is 0.232 e. The number of benzene rings is 1. The monoisotopic (exact) mass is 210 g/mol. The zero-order valence-corrected chi connectivity index (χ0v) is 8.42. The van der Waals surface area contributed by atoms with Crippen molar-refractivity contribution in [3.63, 3.8) is 0 Å². The number of hydrogen-bond acceptors (Lipinski definition) is 2. The topological polar surface area (TPSA) is 46.3 Å². The lowest BCUT2D eigenvalue weighted by Gasteiger charge is -2.13. The Bertz CT molecular complexity index is 378. The highest BCUT2D eigenvalue weighted by molar-refractivity contribution is 6.22. The van der Waals surface area contributed by atoms with E-state index in [1.165, 1.54) is 0 Å². The van der Waals surface area contributed by atoms with Crippen LogP contribution in [-0.2, 0) is 17.8 Å². The van der Waals surface area contributed by atoms with Gasteiger partial charge in [-0.1, -0.05) is 12.1 Å². The van der Waals surface area contributed by atoms with Crippen LogP contribution in [0.15, 0.2) is 18.2 Å². The molecule has 0 fully saturated rings. The van der Waals surface area contributed by atoms with Gasteiger partial charge >= 0.3 is 0 Å². The van der Waals surface area contributed by atoms with Crippen LogP contribution in [0.5, 0.6) is 0 Å². The molecule has 0 atom stereocenters. The fraction of sp³-hybridized carbons (Fsp3) is 0.300. The second-order valence-corrected chi connectivity index (χ2v) is 3.52. The zero-order valence-electron chi connectivity index (χ0n) is 7.66. The highest BCUT2D eigenvalue weighted by Crippen LogP contribution is 2.29. The van der Waals surface area contributed by atoms with Crippen LogP contribution in [0.2, 0.25) is 0 Å². The predicted molar refractivity (Wildman–Crippen MR) is 56.2 cm³/mol. The molecule has 1 aliphatic heterocycles. The molecular weight excluding hydrogens is 200 g/mol. The van der Waals surface area contributed by atoms with E-state index < -0.39 is 0 Å². The smallest absolute Gasteiger partial charge is 0.232 e. The van der Waals surface area contributed by atoms with E-state index in [4.69, 9.17) is 17.3 Å². The number of fused-ring (bicyclic) bond motifs is 1. The number of hydrogen-bond donors (Lipinski definition) is 1. The number of alkyl halides is 1. The van der Waals surface area contributed by atoms with E-state index >= 15 is 0 Å². The number of amides is 1. The fourth-order valence-corrected chi connectivity index (χ4v) is 1.96. The van der Waals surface area contributed by atoms with Crippen LogP contribution in [0.1, 0.15) is 11.1 Å². The molecular formula is C10H11ClN2O. The number of anilines is 1. The highest BCUT2D eigenvalue weighted by Gasteiger charge is 2.26. The normalized spacial score (nSPS) is 14.7. The number of nitrogens with zero attached hydrogens (tertiary/aromatic N) is 1. The Morgan fingerprint density at radius 3 is 2.93 bits per heavy atom. The lowest BCUT2D eigenvalue weighted by atomic mass is 10.1. The van der Waals surface area contributed by atoms with Gasteiger partial charge in [0.2, 0.25) is 5.91 Å². The van der Waals surface area contributed by atoms with Gasteiger partial charge in [0.05, 0.1) is 6.42 Å². The molecule has 0 aliphatic carbocycles. The lowest BCUT2D eigenvalue weighted by molar-refractivity contribution is -0.117. The molecule has 0 spiro atoms. The molecule has 1 aromatic carbocycles. The maximum atomic E-state index is 11.5. The Morgan fingerprint density at radius 2 is 2.29 bits per heavy atom. The van der Waals surface area contributed by atoms with Crippen molar-refractivity contribution in [2.75, 3.05) is 10.9 Å². The van der Waals surface area contributed by atoms with Gasteiger partial charge in [-0.3, -0.25) is 9.69 Å². The van der Waals surface area contributed by atoms with Gasteiger partial charge in [-0.15, -0.1) is 11.6 Å². The molecule has 1 aromatic rings. The largest absolute Gasteiger partial charge is 0.326 e. The van der Waals surface area contributed by atoms with Crippen molar-refractivity contribution in [1.29, 1.82) is 0 Å². The van der Waals surface area contributed by atoms with Crippen LogP contribution in [0.25, 0.3) is 0 Å². The van der Waals surface area contributed by atoms with Gasteiger partial charge in [0.25, 0.3) is 0 Å². The van der Waals surface area contributed by atoms with Crippen LogP contribution in [-0.4, -0.2) is 11.9 Å². The van der Waals surface area contributed by atoms with E-state index in [1.807, 2.05) is 18.2 Å². The van der Waals surface area contributed by atoms with Gasteiger partial charge in [0.1, 0.15) is 6.00 Å². The van der Waals surface area contributed by atoms with E-state index in [9.17, 15) is 4.79 Å². The summed E-state index contributed by atoms with van der Waals surface area (Å²) in [5, 5.41) is 0. The molecule has 3 nitrogen and oxygen atoms in total. The fourth-order valence-electron chi connectivity index (χ4n) is 1.69. The van der Waals surface area contributed by atoms with Gasteiger partial charge in [0.15, 0.2) is 0 Å². The summed E-state index contributed by atoms with van der Waals surface area (Å²) < 4.78 is 0. The molecule has 0 aromatic heterocycles. The molecule has 74 valence electrons. The number of carbonyl (C=O) groups excluding carboxylic acids is 1. The van der Waals surface area contributed by atoms with Crippen LogP contribution >= 0.6 is 11.6 Å². The van der Waals surface area contributed by atoms with Crippen molar-refractivity contribution in [2.24, 2.45) is 5.73 Å². The molecule has 1 amide bonds. The standard InChI is InChI=1S/C10H11ClN2O/c11-6-13-9-2-1-7(5-12)3-8(9)4-10(13)14/h1-3H,4-6,12H2. The Morgan fingerprint density at radius 1 is 1.50 bits per heavy atom. The summed E-state index contributed by atoms with van der Waals surface area (Å²) in [5.74, 6) is 0.0594. The Kier molecular flexibility index (Phi) is 2.44. The third kappa shape index (κ3) is 1.38. The first-order valence-electron chi connectivity index (χ1n) is 4.44. The lowest BCUT2D eigenvalue weighted by Crippen LogP contribution is -2.24. The SMILES string of the molecule is NCc1ccc2c(c1)CC(=O)N2CCl. The summed E-state index contributed by atoms with van der Waals surface area (Å²) >= 11 is 5.68. The Labute approximate surface area is 87.4 Å². The average Bonchev–Trinajstić information content (AvgIpc) is 2.51. The van der Waals surface area contributed by atoms with E-state index in [0.29, 0.717) is 13.0 Å². The molecule has 1 heterocycles. The van der Waals surface area contributed by atoms with Crippen molar-refractivity contribution in [3.05, 3.63) is 29.3 Å². The maximum absolute atomic E-state index is 11.5. The third-order valence-corrected chi connectivity index (χ3v) is 2.67. The number of rotatable bonds is 2. The molecule has 14 heavy (non-hydrogen) atoms. The molecule has 0 saturated heterocycles. The summed E-state index contributed by atoms with van der Waals surface area (Å²) in [5.41, 5.74) is 8.52. The minimum Gasteiger partial charge on any atom is -0.326 e. The van der Waals surface area contributed by atoms with E-state index in [1.54, 1.807) is 4.90 Å². The first kappa shape index (κ1) is 9.49.